The van der Waals surface area contributed by atoms with Gasteiger partial charge in [0, 0.05) is 18.6 Å². The Morgan fingerprint density at radius 2 is 1.98 bits per heavy atom. The van der Waals surface area contributed by atoms with Gasteiger partial charge in [-0.2, -0.15) is 0 Å². The van der Waals surface area contributed by atoms with Crippen molar-refractivity contribution in [3.63, 3.8) is 0 Å². The first-order valence-corrected chi connectivity index (χ1v) is 14.6. The Hall–Kier alpha value is -3.58. The molecular formula is C23H26FN7O8S2. The molecule has 1 aromatic carbocycles. The molecule has 2 amide bonds. The number of aromatic nitrogens is 4. The molecule has 4 atom stereocenters. The SMILES string of the molecule is CNC(=O)[C@H]1OC(n2cnc3c(N(Cc4cccc(F)c4)C(=O)OCCSSCCON=O)ncnc32)[C@H](O)[C@@H]1O. The highest BCUT2D eigenvalue weighted by Gasteiger charge is 2.47. The third-order valence-electron chi connectivity index (χ3n) is 5.85. The van der Waals surface area contributed by atoms with Crippen LogP contribution in [0.3, 0.4) is 0 Å². The highest BCUT2D eigenvalue weighted by atomic mass is 33.1. The molecule has 0 spiro atoms. The van der Waals surface area contributed by atoms with Crippen molar-refractivity contribution in [3.8, 4) is 0 Å². The maximum absolute atomic E-state index is 13.9. The quantitative estimate of drug-likeness (QED) is 0.109. The van der Waals surface area contributed by atoms with Gasteiger partial charge in [-0.1, -0.05) is 33.7 Å². The molecule has 0 radical (unpaired) electrons. The van der Waals surface area contributed by atoms with Gasteiger partial charge < -0.3 is 29.8 Å². The number of amides is 2. The lowest BCUT2D eigenvalue weighted by molar-refractivity contribution is -0.137. The van der Waals surface area contributed by atoms with E-state index < -0.39 is 42.4 Å². The molecule has 1 aliphatic rings. The van der Waals surface area contributed by atoms with E-state index in [0.717, 1.165) is 0 Å². The molecule has 0 saturated carbocycles. The van der Waals surface area contributed by atoms with Crippen LogP contribution in [0.2, 0.25) is 0 Å². The van der Waals surface area contributed by atoms with Crippen LogP contribution in [-0.2, 0) is 25.7 Å². The molecule has 2 aromatic heterocycles. The molecule has 0 aliphatic carbocycles. The molecule has 18 heteroatoms. The van der Waals surface area contributed by atoms with Crippen molar-refractivity contribution in [2.75, 3.05) is 36.7 Å². The Balaban J connectivity index is 1.56. The lowest BCUT2D eigenvalue weighted by atomic mass is 10.1. The number of rotatable bonds is 13. The largest absolute Gasteiger partial charge is 0.448 e. The van der Waals surface area contributed by atoms with E-state index in [1.165, 1.54) is 69.0 Å². The van der Waals surface area contributed by atoms with Crippen molar-refractivity contribution >= 4 is 50.6 Å². The Bertz CT molecular complexity index is 1370. The normalized spacial score (nSPS) is 20.1. The van der Waals surface area contributed by atoms with Crippen LogP contribution in [0.5, 0.6) is 0 Å². The highest BCUT2D eigenvalue weighted by molar-refractivity contribution is 8.76. The lowest BCUT2D eigenvalue weighted by Crippen LogP contribution is -2.41. The van der Waals surface area contributed by atoms with Gasteiger partial charge in [0.25, 0.3) is 5.91 Å². The van der Waals surface area contributed by atoms with E-state index >= 15 is 0 Å². The lowest BCUT2D eigenvalue weighted by Gasteiger charge is -2.22. The summed E-state index contributed by atoms with van der Waals surface area (Å²) in [5.74, 6) is -0.132. The molecule has 1 aliphatic heterocycles. The number of imidazole rings is 1. The maximum atomic E-state index is 13.9. The smallest absolute Gasteiger partial charge is 0.415 e. The van der Waals surface area contributed by atoms with Crippen molar-refractivity contribution in [3.05, 3.63) is 53.2 Å². The van der Waals surface area contributed by atoms with Crippen molar-refractivity contribution < 1.29 is 38.5 Å². The number of aliphatic hydroxyl groups excluding tert-OH is 2. The highest BCUT2D eigenvalue weighted by Crippen LogP contribution is 2.33. The Kier molecular flexibility index (Phi) is 10.6. The second-order valence-corrected chi connectivity index (χ2v) is 11.1. The van der Waals surface area contributed by atoms with E-state index in [1.54, 1.807) is 6.07 Å². The minimum absolute atomic E-state index is 0.0342. The van der Waals surface area contributed by atoms with Crippen molar-refractivity contribution in [1.29, 1.82) is 0 Å². The first-order chi connectivity index (χ1) is 19.8. The van der Waals surface area contributed by atoms with E-state index in [0.29, 0.717) is 17.1 Å². The third kappa shape index (κ3) is 7.20. The number of anilines is 1. The number of ether oxygens (including phenoxy) is 2. The minimum atomic E-state index is -1.51. The Morgan fingerprint density at radius 3 is 2.71 bits per heavy atom. The first-order valence-electron chi connectivity index (χ1n) is 12.1. The van der Waals surface area contributed by atoms with E-state index in [-0.39, 0.29) is 36.7 Å². The van der Waals surface area contributed by atoms with Crippen LogP contribution in [0.4, 0.5) is 15.0 Å². The number of halogens is 1. The van der Waals surface area contributed by atoms with Crippen LogP contribution in [0.15, 0.2) is 42.3 Å². The zero-order valence-corrected chi connectivity index (χ0v) is 23.2. The Labute approximate surface area is 240 Å². The van der Waals surface area contributed by atoms with Crippen molar-refractivity contribution in [2.45, 2.75) is 31.1 Å². The summed E-state index contributed by atoms with van der Waals surface area (Å²) in [5, 5.41) is 25.6. The minimum Gasteiger partial charge on any atom is -0.448 e. The first kappa shape index (κ1) is 30.4. The average Bonchev–Trinajstić information content (AvgIpc) is 3.53. The van der Waals surface area contributed by atoms with Crippen LogP contribution in [0.1, 0.15) is 11.8 Å². The molecule has 3 N–H and O–H groups in total. The van der Waals surface area contributed by atoms with E-state index in [1.807, 2.05) is 0 Å². The van der Waals surface area contributed by atoms with Gasteiger partial charge in [-0.25, -0.2) is 24.1 Å². The summed E-state index contributed by atoms with van der Waals surface area (Å²) in [6.07, 6.45) is -3.89. The van der Waals surface area contributed by atoms with Crippen LogP contribution >= 0.6 is 21.6 Å². The average molecular weight is 612 g/mol. The van der Waals surface area contributed by atoms with Gasteiger partial charge in [0.05, 0.1) is 12.9 Å². The Morgan fingerprint density at radius 1 is 1.20 bits per heavy atom. The van der Waals surface area contributed by atoms with Crippen LogP contribution in [0.25, 0.3) is 11.2 Å². The summed E-state index contributed by atoms with van der Waals surface area (Å²) in [6.45, 7) is 0.0764. The summed E-state index contributed by atoms with van der Waals surface area (Å²) in [4.78, 5) is 53.6. The number of hydrogen-bond acceptors (Lipinski definition) is 14. The zero-order valence-electron chi connectivity index (χ0n) is 21.5. The number of carbonyl (C=O) groups is 2. The number of nitrogens with one attached hydrogen (secondary N) is 1. The van der Waals surface area contributed by atoms with Crippen molar-refractivity contribution in [1.82, 2.24) is 24.8 Å². The summed E-state index contributed by atoms with van der Waals surface area (Å²) < 4.78 is 26.3. The fraction of sp³-hybridized carbons (Fsp3) is 0.435. The summed E-state index contributed by atoms with van der Waals surface area (Å²) in [5.41, 5.74) is 0.719. The second kappa shape index (κ2) is 14.4. The monoisotopic (exact) mass is 611 g/mol. The van der Waals surface area contributed by atoms with E-state index in [2.05, 4.69) is 30.4 Å². The molecule has 220 valence electrons. The molecule has 1 unspecified atom stereocenters. The van der Waals surface area contributed by atoms with Gasteiger partial charge >= 0.3 is 6.09 Å². The predicted molar refractivity (Wildman–Crippen MR) is 146 cm³/mol. The fourth-order valence-electron chi connectivity index (χ4n) is 3.98. The third-order valence-corrected chi connectivity index (χ3v) is 8.18. The van der Waals surface area contributed by atoms with Gasteiger partial charge in [-0.15, -0.1) is 4.91 Å². The summed E-state index contributed by atoms with van der Waals surface area (Å²) in [6, 6.07) is 5.67. The fourth-order valence-corrected chi connectivity index (χ4v) is 5.63. The van der Waals surface area contributed by atoms with Gasteiger partial charge in [-0.05, 0) is 17.7 Å². The number of carbonyl (C=O) groups excluding carboxylic acids is 2. The molecule has 1 saturated heterocycles. The van der Waals surface area contributed by atoms with Crippen LogP contribution in [0, 0.1) is 10.7 Å². The number of nitrogens with zero attached hydrogens (tertiary/aromatic N) is 6. The predicted octanol–water partition coefficient (Wildman–Crippen LogP) is 1.55. The van der Waals surface area contributed by atoms with E-state index in [4.69, 9.17) is 9.47 Å². The topological polar surface area (TPSA) is 191 Å². The summed E-state index contributed by atoms with van der Waals surface area (Å²) >= 11 is 0. The van der Waals surface area contributed by atoms with Gasteiger partial charge in [-0.3, -0.25) is 14.3 Å². The number of likely N-dealkylation sites (N-methyl/N-ethyl adjacent to an activating group) is 1. The second-order valence-electron chi connectivity index (χ2n) is 8.45. The number of benzene rings is 1. The van der Waals surface area contributed by atoms with Gasteiger partial charge in [0.1, 0.15) is 37.6 Å². The van der Waals surface area contributed by atoms with Crippen LogP contribution in [-0.4, -0.2) is 91.8 Å². The molecule has 0 bridgehead atoms. The zero-order chi connectivity index (χ0) is 29.4. The maximum Gasteiger partial charge on any atom is 0.415 e. The molecular weight excluding hydrogens is 585 g/mol. The molecule has 15 nitrogen and oxygen atoms in total. The number of hydrogen-bond donors (Lipinski definition) is 3. The molecule has 4 rings (SSSR count). The van der Waals surface area contributed by atoms with Crippen LogP contribution < -0.4 is 10.2 Å². The van der Waals surface area contributed by atoms with Crippen molar-refractivity contribution in [2.24, 2.45) is 5.34 Å². The molecule has 3 aromatic rings. The standard InChI is InChI=1S/C23H26FN7O8S2/c1-25-21(34)18-16(32)17(33)22(39-18)31-12-28-15-19(26-11-27-20(15)31)30(10-13-3-2-4-14(24)9-13)23(35)37-5-7-40-41-8-6-38-29-36/h2-4,9,11-12,16-18,22,32-33H,5-8,10H2,1H3,(H,25,34)/t16-,17+,18-,22?/m0/s1. The van der Waals surface area contributed by atoms with Gasteiger partial charge in [0.15, 0.2) is 34.7 Å². The number of aliphatic hydroxyl groups is 2. The molecule has 41 heavy (non-hydrogen) atoms. The van der Waals surface area contributed by atoms with Gasteiger partial charge in [0.2, 0.25) is 0 Å². The number of fused-ring (bicyclic) bond motifs is 1. The summed E-state index contributed by atoms with van der Waals surface area (Å²) in [7, 11) is 4.19. The van der Waals surface area contributed by atoms with E-state index in [9.17, 15) is 29.1 Å². The molecule has 1 fully saturated rings. The molecule has 3 heterocycles.